The van der Waals surface area contributed by atoms with Crippen LogP contribution in [-0.4, -0.2) is 41.7 Å². The van der Waals surface area contributed by atoms with E-state index in [4.69, 9.17) is 9.15 Å². The van der Waals surface area contributed by atoms with E-state index in [1.165, 1.54) is 0 Å². The standard InChI is InChI=1S/C22H26N4O3S/c1-25-13-11-23-22(25)30-15-17-9-10-20(29-17)21(27)24-16-6-5-12-26(14-16)18-7-3-4-8-19(18)28-2/h3-4,7-11,13,16H,5-6,12,14-15H2,1-2H3,(H,24,27). The first-order valence-electron chi connectivity index (χ1n) is 10.0. The zero-order valence-electron chi connectivity index (χ0n) is 17.2. The summed E-state index contributed by atoms with van der Waals surface area (Å²) in [5.41, 5.74) is 1.06. The number of amides is 1. The Balaban J connectivity index is 1.34. The van der Waals surface area contributed by atoms with Crippen LogP contribution in [0.15, 0.2) is 58.4 Å². The van der Waals surface area contributed by atoms with Gasteiger partial charge >= 0.3 is 0 Å². The van der Waals surface area contributed by atoms with Crippen molar-refractivity contribution in [2.24, 2.45) is 7.05 Å². The number of carbonyl (C=O) groups is 1. The minimum absolute atomic E-state index is 0.0617. The zero-order valence-corrected chi connectivity index (χ0v) is 18.0. The monoisotopic (exact) mass is 426 g/mol. The Morgan fingerprint density at radius 2 is 2.20 bits per heavy atom. The van der Waals surface area contributed by atoms with Crippen molar-refractivity contribution in [3.63, 3.8) is 0 Å². The molecule has 4 rings (SSSR count). The first kappa shape index (κ1) is 20.4. The first-order chi connectivity index (χ1) is 14.6. The molecule has 1 atom stereocenters. The number of hydrogen-bond acceptors (Lipinski definition) is 6. The highest BCUT2D eigenvalue weighted by atomic mass is 32.2. The van der Waals surface area contributed by atoms with Gasteiger partial charge < -0.3 is 23.9 Å². The minimum Gasteiger partial charge on any atom is -0.495 e. The number of aromatic nitrogens is 2. The average Bonchev–Trinajstić information content (AvgIpc) is 3.41. The molecule has 1 fully saturated rings. The molecule has 1 unspecified atom stereocenters. The van der Waals surface area contributed by atoms with Gasteiger partial charge in [0.15, 0.2) is 10.9 Å². The number of nitrogens with one attached hydrogen (secondary N) is 1. The second kappa shape index (κ2) is 9.30. The van der Waals surface area contributed by atoms with Crippen LogP contribution in [0.2, 0.25) is 0 Å². The summed E-state index contributed by atoms with van der Waals surface area (Å²) in [4.78, 5) is 19.3. The van der Waals surface area contributed by atoms with E-state index in [1.54, 1.807) is 31.1 Å². The molecule has 0 aliphatic carbocycles. The highest BCUT2D eigenvalue weighted by Gasteiger charge is 2.24. The number of carbonyl (C=O) groups excluding carboxylic acids is 1. The number of para-hydroxylation sites is 2. The number of nitrogens with zero attached hydrogens (tertiary/aromatic N) is 3. The summed E-state index contributed by atoms with van der Waals surface area (Å²) < 4.78 is 13.2. The molecule has 1 saturated heterocycles. The maximum atomic E-state index is 12.7. The molecule has 1 aliphatic rings. The summed E-state index contributed by atoms with van der Waals surface area (Å²) >= 11 is 1.58. The van der Waals surface area contributed by atoms with Gasteiger partial charge in [-0.15, -0.1) is 0 Å². The smallest absolute Gasteiger partial charge is 0.287 e. The number of furan rings is 1. The van der Waals surface area contributed by atoms with Gasteiger partial charge in [-0.1, -0.05) is 23.9 Å². The van der Waals surface area contributed by atoms with E-state index in [-0.39, 0.29) is 11.9 Å². The number of anilines is 1. The maximum Gasteiger partial charge on any atom is 0.287 e. The SMILES string of the molecule is COc1ccccc1N1CCCC(NC(=O)c2ccc(CSc3nccn3C)o2)C1. The Bertz CT molecular complexity index is 1000. The highest BCUT2D eigenvalue weighted by Crippen LogP contribution is 2.30. The molecule has 7 nitrogen and oxygen atoms in total. The van der Waals surface area contributed by atoms with E-state index in [9.17, 15) is 4.79 Å². The summed E-state index contributed by atoms with van der Waals surface area (Å²) in [5, 5.41) is 4.04. The average molecular weight is 427 g/mol. The van der Waals surface area contributed by atoms with Crippen LogP contribution in [0.5, 0.6) is 5.75 Å². The van der Waals surface area contributed by atoms with Crippen LogP contribution in [0, 0.1) is 0 Å². The molecule has 0 radical (unpaired) electrons. The lowest BCUT2D eigenvalue weighted by molar-refractivity contribution is 0.0903. The fraction of sp³-hybridized carbons (Fsp3) is 0.364. The van der Waals surface area contributed by atoms with Crippen molar-refractivity contribution in [2.45, 2.75) is 29.8 Å². The number of piperidine rings is 1. The molecule has 0 spiro atoms. The molecule has 30 heavy (non-hydrogen) atoms. The predicted octanol–water partition coefficient (Wildman–Crippen LogP) is 3.71. The number of rotatable bonds is 7. The van der Waals surface area contributed by atoms with Gasteiger partial charge in [-0.05, 0) is 37.1 Å². The van der Waals surface area contributed by atoms with E-state index in [1.807, 2.05) is 42.1 Å². The summed E-state index contributed by atoms with van der Waals surface area (Å²) in [5.74, 6) is 2.41. The predicted molar refractivity (Wildman–Crippen MR) is 117 cm³/mol. The molecule has 1 aliphatic heterocycles. The van der Waals surface area contributed by atoms with Crippen molar-refractivity contribution in [3.05, 3.63) is 60.3 Å². The fourth-order valence-corrected chi connectivity index (χ4v) is 4.49. The Morgan fingerprint density at radius 3 is 3.00 bits per heavy atom. The van der Waals surface area contributed by atoms with Gasteiger partial charge in [-0.3, -0.25) is 4.79 Å². The largest absolute Gasteiger partial charge is 0.495 e. The summed E-state index contributed by atoms with van der Waals surface area (Å²) in [7, 11) is 3.64. The van der Waals surface area contributed by atoms with E-state index in [2.05, 4.69) is 21.3 Å². The quantitative estimate of drug-likeness (QED) is 0.581. The zero-order chi connectivity index (χ0) is 20.9. The molecular formula is C22H26N4O3S. The van der Waals surface area contributed by atoms with E-state index >= 15 is 0 Å². The van der Waals surface area contributed by atoms with Crippen LogP contribution in [0.4, 0.5) is 5.69 Å². The molecule has 2 aromatic heterocycles. The van der Waals surface area contributed by atoms with Crippen molar-refractivity contribution in [1.82, 2.24) is 14.9 Å². The molecule has 158 valence electrons. The number of benzene rings is 1. The first-order valence-corrected chi connectivity index (χ1v) is 11.0. The van der Waals surface area contributed by atoms with Gasteiger partial charge in [0.05, 0.1) is 18.6 Å². The van der Waals surface area contributed by atoms with Gasteiger partial charge in [0.25, 0.3) is 5.91 Å². The van der Waals surface area contributed by atoms with E-state index < -0.39 is 0 Å². The molecule has 0 saturated carbocycles. The van der Waals surface area contributed by atoms with Crippen LogP contribution in [0.1, 0.15) is 29.2 Å². The third kappa shape index (κ3) is 4.64. The van der Waals surface area contributed by atoms with E-state index in [0.29, 0.717) is 11.5 Å². The molecule has 0 bridgehead atoms. The number of aryl methyl sites for hydroxylation is 1. The number of ether oxygens (including phenoxy) is 1. The molecule has 1 aromatic carbocycles. The molecule has 3 heterocycles. The van der Waals surface area contributed by atoms with Gasteiger partial charge in [-0.25, -0.2) is 4.98 Å². The van der Waals surface area contributed by atoms with Crippen molar-refractivity contribution < 1.29 is 13.9 Å². The fourth-order valence-electron chi connectivity index (χ4n) is 3.67. The third-order valence-electron chi connectivity index (χ3n) is 5.19. The van der Waals surface area contributed by atoms with Gasteiger partial charge in [0.1, 0.15) is 11.5 Å². The lowest BCUT2D eigenvalue weighted by Gasteiger charge is -2.35. The normalized spacial score (nSPS) is 16.5. The van der Waals surface area contributed by atoms with Gasteiger partial charge in [-0.2, -0.15) is 0 Å². The molecule has 8 heteroatoms. The Morgan fingerprint density at radius 1 is 1.33 bits per heavy atom. The summed E-state index contributed by atoms with van der Waals surface area (Å²) in [6.07, 6.45) is 5.62. The van der Waals surface area contributed by atoms with Gasteiger partial charge in [0, 0.05) is 38.6 Å². The van der Waals surface area contributed by atoms with Crippen LogP contribution in [0.3, 0.4) is 0 Å². The van der Waals surface area contributed by atoms with Crippen molar-refractivity contribution in [2.75, 3.05) is 25.1 Å². The maximum absolute atomic E-state index is 12.7. The Hall–Kier alpha value is -2.87. The Labute approximate surface area is 180 Å². The van der Waals surface area contributed by atoms with Crippen LogP contribution >= 0.6 is 11.8 Å². The number of hydrogen-bond donors (Lipinski definition) is 1. The number of thioether (sulfide) groups is 1. The van der Waals surface area contributed by atoms with Crippen molar-refractivity contribution in [3.8, 4) is 5.75 Å². The van der Waals surface area contributed by atoms with Gasteiger partial charge in [0.2, 0.25) is 0 Å². The van der Waals surface area contributed by atoms with Crippen LogP contribution in [0.25, 0.3) is 0 Å². The lowest BCUT2D eigenvalue weighted by Crippen LogP contribution is -2.47. The minimum atomic E-state index is -0.171. The topological polar surface area (TPSA) is 72.5 Å². The molecule has 1 amide bonds. The number of methoxy groups -OCH3 is 1. The third-order valence-corrected chi connectivity index (χ3v) is 6.27. The summed E-state index contributed by atoms with van der Waals surface area (Å²) in [6, 6.07) is 11.6. The Kier molecular flexibility index (Phi) is 6.32. The molecule has 3 aromatic rings. The van der Waals surface area contributed by atoms with Crippen LogP contribution < -0.4 is 15.0 Å². The highest BCUT2D eigenvalue weighted by molar-refractivity contribution is 7.98. The number of imidazole rings is 1. The van der Waals surface area contributed by atoms with Crippen LogP contribution in [-0.2, 0) is 12.8 Å². The summed E-state index contributed by atoms with van der Waals surface area (Å²) in [6.45, 7) is 1.69. The van der Waals surface area contributed by atoms with E-state index in [0.717, 1.165) is 48.3 Å². The van der Waals surface area contributed by atoms with Crippen molar-refractivity contribution >= 4 is 23.4 Å². The molecule has 1 N–H and O–H groups in total. The second-order valence-corrected chi connectivity index (χ2v) is 8.25. The second-order valence-electron chi connectivity index (χ2n) is 7.31. The van der Waals surface area contributed by atoms with Crippen molar-refractivity contribution in [1.29, 1.82) is 0 Å². The molecular weight excluding hydrogens is 400 g/mol. The lowest BCUT2D eigenvalue weighted by atomic mass is 10.0.